The first-order valence-corrected chi connectivity index (χ1v) is 11.3. The van der Waals surface area contributed by atoms with Crippen LogP contribution in [0.4, 0.5) is 0 Å². The molecule has 3 aromatic rings. The van der Waals surface area contributed by atoms with Gasteiger partial charge >= 0.3 is 11.7 Å². The predicted octanol–water partition coefficient (Wildman–Crippen LogP) is 4.17. The van der Waals surface area contributed by atoms with Crippen molar-refractivity contribution in [3.63, 3.8) is 0 Å². The number of nitrogens with zero attached hydrogens (tertiary/aromatic N) is 3. The van der Waals surface area contributed by atoms with Gasteiger partial charge in [-0.3, -0.25) is 4.57 Å². The zero-order valence-electron chi connectivity index (χ0n) is 20.0. The van der Waals surface area contributed by atoms with Crippen LogP contribution in [0.25, 0.3) is 0 Å². The Morgan fingerprint density at radius 1 is 1.03 bits per heavy atom. The first-order valence-electron chi connectivity index (χ1n) is 11.3. The first kappa shape index (κ1) is 24.3. The van der Waals surface area contributed by atoms with Crippen LogP contribution in [0.5, 0.6) is 5.75 Å². The van der Waals surface area contributed by atoms with Crippen molar-refractivity contribution in [2.45, 2.75) is 65.0 Å². The van der Waals surface area contributed by atoms with Crippen LogP contribution in [0, 0.1) is 0 Å². The lowest BCUT2D eigenvalue weighted by Gasteiger charge is -2.21. The lowest BCUT2D eigenvalue weighted by atomic mass is 10.0. The van der Waals surface area contributed by atoms with Crippen LogP contribution in [-0.2, 0) is 31.2 Å². The molecule has 7 heteroatoms. The summed E-state index contributed by atoms with van der Waals surface area (Å²) in [5.74, 6) is 0.753. The van der Waals surface area contributed by atoms with Gasteiger partial charge in [0.15, 0.2) is 5.60 Å². The third-order valence-electron chi connectivity index (χ3n) is 5.79. The maximum Gasteiger partial charge on any atom is 0.347 e. The zero-order chi connectivity index (χ0) is 24.2. The predicted molar refractivity (Wildman–Crippen MR) is 128 cm³/mol. The molecule has 1 aromatic heterocycles. The number of rotatable bonds is 10. The van der Waals surface area contributed by atoms with Gasteiger partial charge < -0.3 is 9.84 Å². The summed E-state index contributed by atoms with van der Waals surface area (Å²) in [5.41, 5.74) is 2.06. The molecule has 33 heavy (non-hydrogen) atoms. The van der Waals surface area contributed by atoms with Gasteiger partial charge in [0, 0.05) is 13.5 Å². The van der Waals surface area contributed by atoms with Crippen LogP contribution < -0.4 is 10.4 Å². The molecule has 0 aliphatic rings. The molecular weight excluding hydrogens is 418 g/mol. The minimum Gasteiger partial charge on any atom is -0.478 e. The maximum atomic E-state index is 12.6. The highest BCUT2D eigenvalue weighted by Gasteiger charge is 2.29. The summed E-state index contributed by atoms with van der Waals surface area (Å²) in [6.07, 6.45) is 2.35. The number of hydrogen-bond donors (Lipinski definition) is 1. The van der Waals surface area contributed by atoms with E-state index in [1.54, 1.807) is 23.7 Å². The van der Waals surface area contributed by atoms with Crippen LogP contribution >= 0.6 is 0 Å². The fourth-order valence-electron chi connectivity index (χ4n) is 3.55. The molecule has 0 radical (unpaired) electrons. The number of carboxylic acid groups (broad SMARTS) is 1. The Kier molecular flexibility index (Phi) is 7.41. The molecular formula is C26H33N3O4. The molecule has 0 aliphatic carbocycles. The van der Waals surface area contributed by atoms with Gasteiger partial charge in [-0.05, 0) is 61.4 Å². The third-order valence-corrected chi connectivity index (χ3v) is 5.79. The van der Waals surface area contributed by atoms with Gasteiger partial charge in [-0.15, -0.1) is 0 Å². The number of aliphatic carboxylic acids is 1. The van der Waals surface area contributed by atoms with Gasteiger partial charge in [0.1, 0.15) is 11.6 Å². The van der Waals surface area contributed by atoms with E-state index in [1.807, 2.05) is 12.1 Å². The summed E-state index contributed by atoms with van der Waals surface area (Å²) in [6, 6.07) is 15.8. The van der Waals surface area contributed by atoms with Gasteiger partial charge in [-0.1, -0.05) is 50.2 Å². The van der Waals surface area contributed by atoms with E-state index in [0.717, 1.165) is 29.8 Å². The summed E-state index contributed by atoms with van der Waals surface area (Å²) in [6.45, 7) is 7.82. The second kappa shape index (κ2) is 10.1. The highest BCUT2D eigenvalue weighted by Crippen LogP contribution is 2.20. The van der Waals surface area contributed by atoms with E-state index in [4.69, 9.17) is 4.74 Å². The average Bonchev–Trinajstić information content (AvgIpc) is 3.03. The topological polar surface area (TPSA) is 86.3 Å². The summed E-state index contributed by atoms with van der Waals surface area (Å²) >= 11 is 0. The van der Waals surface area contributed by atoms with Crippen LogP contribution in [-0.4, -0.2) is 31.0 Å². The minimum atomic E-state index is -1.28. The summed E-state index contributed by atoms with van der Waals surface area (Å²) in [5, 5.41) is 13.7. The van der Waals surface area contributed by atoms with E-state index >= 15 is 0 Å². The molecule has 1 heterocycles. The Labute approximate surface area is 194 Å². The van der Waals surface area contributed by atoms with Gasteiger partial charge in [-0.2, -0.15) is 5.10 Å². The maximum absolute atomic E-state index is 12.6. The number of benzene rings is 2. The second-order valence-electron chi connectivity index (χ2n) is 9.23. The summed E-state index contributed by atoms with van der Waals surface area (Å²) in [7, 11) is 1.76. The van der Waals surface area contributed by atoms with E-state index < -0.39 is 11.6 Å². The first-order chi connectivity index (χ1) is 15.6. The van der Waals surface area contributed by atoms with E-state index in [0.29, 0.717) is 24.6 Å². The van der Waals surface area contributed by atoms with Crippen molar-refractivity contribution in [1.29, 1.82) is 0 Å². The van der Waals surface area contributed by atoms with Crippen molar-refractivity contribution in [2.75, 3.05) is 0 Å². The summed E-state index contributed by atoms with van der Waals surface area (Å²) < 4.78 is 8.68. The van der Waals surface area contributed by atoms with Crippen LogP contribution in [0.15, 0.2) is 53.3 Å². The minimum absolute atomic E-state index is 0.111. The van der Waals surface area contributed by atoms with Crippen molar-refractivity contribution in [3.8, 4) is 5.75 Å². The fourth-order valence-corrected chi connectivity index (χ4v) is 3.55. The fraction of sp³-hybridized carbons (Fsp3) is 0.423. The van der Waals surface area contributed by atoms with Crippen molar-refractivity contribution in [2.24, 2.45) is 7.05 Å². The smallest absolute Gasteiger partial charge is 0.347 e. The van der Waals surface area contributed by atoms with E-state index in [1.165, 1.54) is 24.1 Å². The quantitative estimate of drug-likeness (QED) is 0.500. The number of hydrogen-bond acceptors (Lipinski definition) is 4. The third kappa shape index (κ3) is 6.12. The van der Waals surface area contributed by atoms with Crippen molar-refractivity contribution >= 4 is 5.97 Å². The Balaban J connectivity index is 1.57. The van der Waals surface area contributed by atoms with Gasteiger partial charge in [0.05, 0.1) is 6.54 Å². The van der Waals surface area contributed by atoms with Crippen molar-refractivity contribution < 1.29 is 14.6 Å². The molecule has 0 spiro atoms. The number of aromatic nitrogens is 3. The molecule has 3 rings (SSSR count). The Bertz CT molecular complexity index is 1140. The highest BCUT2D eigenvalue weighted by molar-refractivity contribution is 5.76. The van der Waals surface area contributed by atoms with Gasteiger partial charge in [0.2, 0.25) is 0 Å². The molecule has 7 nitrogen and oxygen atoms in total. The van der Waals surface area contributed by atoms with E-state index in [2.05, 4.69) is 43.2 Å². The van der Waals surface area contributed by atoms with E-state index in [9.17, 15) is 14.7 Å². The normalized spacial score (nSPS) is 11.7. The lowest BCUT2D eigenvalue weighted by Crippen LogP contribution is -2.37. The molecule has 0 unspecified atom stereocenters. The number of carbonyl (C=O) groups is 1. The van der Waals surface area contributed by atoms with Crippen LogP contribution in [0.3, 0.4) is 0 Å². The number of aryl methyl sites for hydroxylation is 2. The second-order valence-corrected chi connectivity index (χ2v) is 9.23. The SMILES string of the molecule is CC(C)c1ccc(Cn2nc(CCCc3ccc(OC(C)(C)C(=O)O)cc3)n(C)c2=O)cc1. The molecule has 1 N–H and O–H groups in total. The summed E-state index contributed by atoms with van der Waals surface area (Å²) in [4.78, 5) is 23.8. The molecule has 2 aromatic carbocycles. The molecule has 0 fully saturated rings. The largest absolute Gasteiger partial charge is 0.478 e. The van der Waals surface area contributed by atoms with E-state index in [-0.39, 0.29) is 5.69 Å². The average molecular weight is 452 g/mol. The Morgan fingerprint density at radius 2 is 1.64 bits per heavy atom. The Morgan fingerprint density at radius 3 is 2.21 bits per heavy atom. The van der Waals surface area contributed by atoms with Gasteiger partial charge in [0.25, 0.3) is 0 Å². The zero-order valence-corrected chi connectivity index (χ0v) is 20.0. The molecule has 0 saturated heterocycles. The number of carboxylic acids is 1. The molecule has 0 aliphatic heterocycles. The number of ether oxygens (including phenoxy) is 1. The molecule has 0 bridgehead atoms. The lowest BCUT2D eigenvalue weighted by molar-refractivity contribution is -0.152. The van der Waals surface area contributed by atoms with Crippen LogP contribution in [0.2, 0.25) is 0 Å². The monoisotopic (exact) mass is 451 g/mol. The van der Waals surface area contributed by atoms with Gasteiger partial charge in [-0.25, -0.2) is 14.3 Å². The Hall–Kier alpha value is -3.35. The van der Waals surface area contributed by atoms with Crippen LogP contribution in [0.1, 0.15) is 62.5 Å². The highest BCUT2D eigenvalue weighted by atomic mass is 16.5. The molecule has 0 amide bonds. The molecule has 176 valence electrons. The molecule has 0 saturated carbocycles. The molecule has 0 atom stereocenters. The standard InChI is InChI=1S/C26H33N3O4/c1-18(2)21-13-9-20(10-14-21)17-29-25(32)28(5)23(27-29)8-6-7-19-11-15-22(16-12-19)33-26(3,4)24(30)31/h9-16,18H,6-8,17H2,1-5H3,(H,30,31). The van der Waals surface area contributed by atoms with Crippen molar-refractivity contribution in [3.05, 3.63) is 81.5 Å². The van der Waals surface area contributed by atoms with Crippen molar-refractivity contribution in [1.82, 2.24) is 14.3 Å².